The highest BCUT2D eigenvalue weighted by Crippen LogP contribution is 2.23. The number of carbonyl (C=O) groups is 2. The first-order valence-corrected chi connectivity index (χ1v) is 9.86. The average molecular weight is 435 g/mol. The highest BCUT2D eigenvalue weighted by atomic mass is 16.5. The van der Waals surface area contributed by atoms with Gasteiger partial charge in [-0.25, -0.2) is 4.79 Å². The third-order valence-electron chi connectivity index (χ3n) is 4.86. The zero-order valence-electron chi connectivity index (χ0n) is 17.3. The fourth-order valence-corrected chi connectivity index (χ4v) is 3.33. The van der Waals surface area contributed by atoms with E-state index in [1.165, 1.54) is 22.8 Å². The number of furan rings is 1. The van der Waals surface area contributed by atoms with Gasteiger partial charge >= 0.3 is 5.76 Å². The molecule has 0 aliphatic heterocycles. The Morgan fingerprint density at radius 2 is 1.84 bits per heavy atom. The number of benzene rings is 2. The van der Waals surface area contributed by atoms with E-state index in [2.05, 4.69) is 5.32 Å². The van der Waals surface area contributed by atoms with Crippen molar-refractivity contribution in [3.05, 3.63) is 83.2 Å². The van der Waals surface area contributed by atoms with Crippen LogP contribution in [0.2, 0.25) is 0 Å². The van der Waals surface area contributed by atoms with Gasteiger partial charge in [0.15, 0.2) is 5.58 Å². The van der Waals surface area contributed by atoms with Crippen molar-refractivity contribution in [1.29, 1.82) is 0 Å². The summed E-state index contributed by atoms with van der Waals surface area (Å²) in [5, 5.41) is 2.75. The molecule has 0 aliphatic rings. The minimum atomic E-state index is -0.643. The number of anilines is 1. The number of nitrogens with one attached hydrogen (secondary N) is 1. The monoisotopic (exact) mass is 435 g/mol. The molecule has 0 bridgehead atoms. The maximum absolute atomic E-state index is 13.1. The maximum atomic E-state index is 13.1. The van der Waals surface area contributed by atoms with Crippen LogP contribution in [0.25, 0.3) is 11.1 Å². The van der Waals surface area contributed by atoms with E-state index in [4.69, 9.17) is 13.6 Å². The highest BCUT2D eigenvalue weighted by molar-refractivity contribution is 5.95. The average Bonchev–Trinajstić information content (AvgIpc) is 3.41. The Kier molecular flexibility index (Phi) is 6.07. The second kappa shape index (κ2) is 9.25. The largest absolute Gasteiger partial charge is 0.495 e. The van der Waals surface area contributed by atoms with E-state index in [1.54, 1.807) is 60.7 Å². The molecule has 0 unspecified atom stereocenters. The van der Waals surface area contributed by atoms with E-state index in [-0.39, 0.29) is 19.6 Å². The lowest BCUT2D eigenvalue weighted by Crippen LogP contribution is -2.40. The smallest absolute Gasteiger partial charge is 0.420 e. The van der Waals surface area contributed by atoms with Gasteiger partial charge in [-0.2, -0.15) is 0 Å². The lowest BCUT2D eigenvalue weighted by Gasteiger charge is -2.21. The number of hydrogen-bond acceptors (Lipinski definition) is 6. The van der Waals surface area contributed by atoms with Gasteiger partial charge in [0, 0.05) is 0 Å². The zero-order valence-corrected chi connectivity index (χ0v) is 17.3. The molecule has 0 saturated carbocycles. The molecule has 164 valence electrons. The number of carbonyl (C=O) groups excluding carboxylic acids is 2. The molecule has 32 heavy (non-hydrogen) atoms. The third-order valence-corrected chi connectivity index (χ3v) is 4.86. The number of oxazole rings is 1. The molecule has 2 amide bonds. The summed E-state index contributed by atoms with van der Waals surface area (Å²) in [5.41, 5.74) is 1.38. The molecule has 9 nitrogen and oxygen atoms in total. The topological polar surface area (TPSA) is 107 Å². The Hall–Kier alpha value is -4.27. The van der Waals surface area contributed by atoms with E-state index in [1.807, 2.05) is 0 Å². The van der Waals surface area contributed by atoms with Crippen LogP contribution < -0.4 is 15.8 Å². The Balaban J connectivity index is 1.54. The van der Waals surface area contributed by atoms with Crippen LogP contribution in [0.5, 0.6) is 5.75 Å². The summed E-state index contributed by atoms with van der Waals surface area (Å²) in [4.78, 5) is 39.4. The Morgan fingerprint density at radius 1 is 1.06 bits per heavy atom. The first-order chi connectivity index (χ1) is 15.5. The lowest BCUT2D eigenvalue weighted by molar-refractivity contribution is -0.136. The number of para-hydroxylation sites is 4. The summed E-state index contributed by atoms with van der Waals surface area (Å²) in [5.74, 6) is -0.492. The van der Waals surface area contributed by atoms with Crippen molar-refractivity contribution in [2.24, 2.45) is 0 Å². The first-order valence-electron chi connectivity index (χ1n) is 9.86. The number of rotatable bonds is 8. The molecule has 0 spiro atoms. The van der Waals surface area contributed by atoms with Gasteiger partial charge in [0.05, 0.1) is 31.1 Å². The summed E-state index contributed by atoms with van der Waals surface area (Å²) in [7, 11) is 1.50. The summed E-state index contributed by atoms with van der Waals surface area (Å²) in [6.07, 6.45) is 1.49. The predicted octanol–water partition coefficient (Wildman–Crippen LogP) is 2.86. The molecule has 0 fully saturated rings. The Labute approximate surface area is 182 Å². The molecule has 0 saturated heterocycles. The van der Waals surface area contributed by atoms with Crippen molar-refractivity contribution in [1.82, 2.24) is 9.47 Å². The first kappa shape index (κ1) is 21.0. The summed E-state index contributed by atoms with van der Waals surface area (Å²) in [6, 6.07) is 17.2. The van der Waals surface area contributed by atoms with E-state index in [9.17, 15) is 14.4 Å². The van der Waals surface area contributed by atoms with Crippen LogP contribution in [0.15, 0.2) is 80.6 Å². The van der Waals surface area contributed by atoms with Crippen LogP contribution in [0.1, 0.15) is 5.76 Å². The van der Waals surface area contributed by atoms with Gasteiger partial charge in [-0.05, 0) is 36.4 Å². The fraction of sp³-hybridized carbons (Fsp3) is 0.174. The van der Waals surface area contributed by atoms with Crippen molar-refractivity contribution in [3.63, 3.8) is 0 Å². The SMILES string of the molecule is COc1ccccc1NC(=O)CN(Cc1ccco1)C(=O)Cn1c(=O)oc2ccccc21. The number of hydrogen-bond donors (Lipinski definition) is 1. The van der Waals surface area contributed by atoms with Crippen LogP contribution in [0.4, 0.5) is 5.69 Å². The quantitative estimate of drug-likeness (QED) is 0.456. The fourth-order valence-electron chi connectivity index (χ4n) is 3.33. The molecule has 4 rings (SSSR count). The van der Waals surface area contributed by atoms with Crippen LogP contribution in [-0.2, 0) is 22.7 Å². The highest BCUT2D eigenvalue weighted by Gasteiger charge is 2.22. The number of fused-ring (bicyclic) bond motifs is 1. The summed E-state index contributed by atoms with van der Waals surface area (Å²) in [6.45, 7) is -0.462. The van der Waals surface area contributed by atoms with Crippen LogP contribution in [0, 0.1) is 0 Å². The molecular formula is C23H21N3O6. The van der Waals surface area contributed by atoms with Crippen molar-refractivity contribution in [2.45, 2.75) is 13.1 Å². The number of ether oxygens (including phenoxy) is 1. The van der Waals surface area contributed by atoms with Crippen LogP contribution in [-0.4, -0.2) is 34.9 Å². The van der Waals surface area contributed by atoms with Gasteiger partial charge in [-0.1, -0.05) is 24.3 Å². The molecular weight excluding hydrogens is 414 g/mol. The second-order valence-corrected chi connectivity index (χ2v) is 7.00. The van der Waals surface area contributed by atoms with Gasteiger partial charge in [0.2, 0.25) is 11.8 Å². The minimum absolute atomic E-state index is 0.0652. The Morgan fingerprint density at radius 3 is 2.62 bits per heavy atom. The maximum Gasteiger partial charge on any atom is 0.420 e. The van der Waals surface area contributed by atoms with Gasteiger partial charge < -0.3 is 23.8 Å². The van der Waals surface area contributed by atoms with E-state index in [0.29, 0.717) is 28.3 Å². The van der Waals surface area contributed by atoms with Crippen molar-refractivity contribution < 1.29 is 23.2 Å². The van der Waals surface area contributed by atoms with Gasteiger partial charge in [0.1, 0.15) is 24.6 Å². The molecule has 0 radical (unpaired) electrons. The Bertz CT molecular complexity index is 1290. The summed E-state index contributed by atoms with van der Waals surface area (Å²) < 4.78 is 17.0. The summed E-state index contributed by atoms with van der Waals surface area (Å²) >= 11 is 0. The molecule has 9 heteroatoms. The molecule has 4 aromatic rings. The molecule has 1 N–H and O–H groups in total. The van der Waals surface area contributed by atoms with Gasteiger partial charge in [-0.3, -0.25) is 14.2 Å². The molecule has 2 aromatic heterocycles. The van der Waals surface area contributed by atoms with E-state index < -0.39 is 17.6 Å². The second-order valence-electron chi connectivity index (χ2n) is 7.00. The van der Waals surface area contributed by atoms with Crippen molar-refractivity contribution in [2.75, 3.05) is 19.0 Å². The normalized spacial score (nSPS) is 10.8. The predicted molar refractivity (Wildman–Crippen MR) is 116 cm³/mol. The number of amides is 2. The lowest BCUT2D eigenvalue weighted by atomic mass is 10.3. The van der Waals surface area contributed by atoms with Gasteiger partial charge in [0.25, 0.3) is 0 Å². The van der Waals surface area contributed by atoms with E-state index in [0.717, 1.165) is 0 Å². The standard InChI is InChI=1S/C23H21N3O6/c1-30-19-10-4-2-8-17(19)24-21(27)14-25(13-16-7-6-12-31-16)22(28)15-26-18-9-3-5-11-20(18)32-23(26)29/h2-12H,13-15H2,1H3,(H,24,27). The molecule has 0 aliphatic carbocycles. The van der Waals surface area contributed by atoms with Crippen molar-refractivity contribution in [3.8, 4) is 5.75 Å². The van der Waals surface area contributed by atoms with Gasteiger partial charge in [-0.15, -0.1) is 0 Å². The number of nitrogens with zero attached hydrogens (tertiary/aromatic N) is 2. The molecule has 2 aromatic carbocycles. The molecule has 2 heterocycles. The zero-order chi connectivity index (χ0) is 22.5. The molecule has 0 atom stereocenters. The van der Waals surface area contributed by atoms with Crippen LogP contribution >= 0.6 is 0 Å². The minimum Gasteiger partial charge on any atom is -0.495 e. The van der Waals surface area contributed by atoms with Crippen LogP contribution in [0.3, 0.4) is 0 Å². The van der Waals surface area contributed by atoms with Crippen molar-refractivity contribution >= 4 is 28.6 Å². The number of aromatic nitrogens is 1. The third kappa shape index (κ3) is 4.56. The van der Waals surface area contributed by atoms with E-state index >= 15 is 0 Å². The number of methoxy groups -OCH3 is 1.